The van der Waals surface area contributed by atoms with Crippen molar-refractivity contribution in [1.82, 2.24) is 19.9 Å². The highest BCUT2D eigenvalue weighted by atomic mass is 32.1. The van der Waals surface area contributed by atoms with Crippen LogP contribution < -0.4 is 0 Å². The molecule has 6 heteroatoms. The van der Waals surface area contributed by atoms with Gasteiger partial charge in [-0.25, -0.2) is 9.97 Å². The van der Waals surface area contributed by atoms with Gasteiger partial charge >= 0.3 is 0 Å². The number of aromatic nitrogens is 3. The third-order valence-electron chi connectivity index (χ3n) is 3.24. The van der Waals surface area contributed by atoms with Crippen molar-refractivity contribution in [1.29, 1.82) is 0 Å². The molecule has 0 aliphatic rings. The fourth-order valence-corrected chi connectivity index (χ4v) is 3.05. The summed E-state index contributed by atoms with van der Waals surface area (Å²) in [6, 6.07) is -0.0256. The zero-order valence-electron chi connectivity index (χ0n) is 12.1. The van der Waals surface area contributed by atoms with Crippen LogP contribution in [0.2, 0.25) is 0 Å². The standard InChI is InChI=1S/C14H18N4OS/c1-5-12-17-9(2)13(20-12)10(3)18(4)14(19)11-8-15-6-7-16-11/h6-8,10H,5H2,1-4H3/t10-/m1/s1. The van der Waals surface area contributed by atoms with E-state index in [-0.39, 0.29) is 11.9 Å². The number of carbonyl (C=O) groups is 1. The summed E-state index contributed by atoms with van der Waals surface area (Å²) in [4.78, 5) is 27.7. The number of nitrogens with zero attached hydrogens (tertiary/aromatic N) is 4. The molecule has 1 atom stereocenters. The fourth-order valence-electron chi connectivity index (χ4n) is 1.95. The number of thiazole rings is 1. The van der Waals surface area contributed by atoms with E-state index in [0.717, 1.165) is 22.0 Å². The van der Waals surface area contributed by atoms with Gasteiger partial charge in [-0.3, -0.25) is 9.78 Å². The van der Waals surface area contributed by atoms with Crippen LogP contribution in [0.15, 0.2) is 18.6 Å². The Labute approximate surface area is 122 Å². The molecule has 1 amide bonds. The third kappa shape index (κ3) is 2.85. The summed E-state index contributed by atoms with van der Waals surface area (Å²) in [5.74, 6) is -0.128. The van der Waals surface area contributed by atoms with Crippen molar-refractivity contribution in [2.24, 2.45) is 0 Å². The van der Waals surface area contributed by atoms with E-state index in [1.54, 1.807) is 29.5 Å². The number of hydrogen-bond acceptors (Lipinski definition) is 5. The van der Waals surface area contributed by atoms with Gasteiger partial charge in [0.15, 0.2) is 0 Å². The van der Waals surface area contributed by atoms with Gasteiger partial charge in [0.1, 0.15) is 5.69 Å². The molecule has 0 spiro atoms. The summed E-state index contributed by atoms with van der Waals surface area (Å²) < 4.78 is 0. The second-order valence-corrected chi connectivity index (χ2v) is 5.71. The maximum Gasteiger partial charge on any atom is 0.274 e. The Hall–Kier alpha value is -1.82. The van der Waals surface area contributed by atoms with Gasteiger partial charge in [0.25, 0.3) is 5.91 Å². The van der Waals surface area contributed by atoms with E-state index in [4.69, 9.17) is 0 Å². The molecule has 2 aromatic rings. The van der Waals surface area contributed by atoms with Gasteiger partial charge in [-0.1, -0.05) is 6.92 Å². The third-order valence-corrected chi connectivity index (χ3v) is 4.71. The van der Waals surface area contributed by atoms with Gasteiger partial charge in [-0.2, -0.15) is 0 Å². The van der Waals surface area contributed by atoms with Gasteiger partial charge in [0.2, 0.25) is 0 Å². The zero-order valence-corrected chi connectivity index (χ0v) is 12.9. The molecule has 106 valence electrons. The zero-order chi connectivity index (χ0) is 14.7. The normalized spacial score (nSPS) is 12.2. The molecule has 0 N–H and O–H groups in total. The lowest BCUT2D eigenvalue weighted by Gasteiger charge is -2.23. The number of carbonyl (C=O) groups excluding carboxylic acids is 1. The predicted molar refractivity (Wildman–Crippen MR) is 78.8 cm³/mol. The number of hydrogen-bond donors (Lipinski definition) is 0. The van der Waals surface area contributed by atoms with Gasteiger partial charge in [-0.05, 0) is 20.3 Å². The van der Waals surface area contributed by atoms with Crippen molar-refractivity contribution in [2.75, 3.05) is 7.05 Å². The van der Waals surface area contributed by atoms with Gasteiger partial charge in [-0.15, -0.1) is 11.3 Å². The molecular formula is C14H18N4OS. The monoisotopic (exact) mass is 290 g/mol. The van der Waals surface area contributed by atoms with E-state index in [1.165, 1.54) is 12.4 Å². The minimum Gasteiger partial charge on any atom is -0.333 e. The Morgan fingerprint density at radius 3 is 2.75 bits per heavy atom. The SMILES string of the molecule is CCc1nc(C)c([C@@H](C)N(C)C(=O)c2cnccn2)s1. The van der Waals surface area contributed by atoms with Crippen molar-refractivity contribution in [3.63, 3.8) is 0 Å². The minimum atomic E-state index is -0.128. The molecule has 0 aromatic carbocycles. The maximum atomic E-state index is 12.4. The summed E-state index contributed by atoms with van der Waals surface area (Å²) in [5, 5.41) is 1.10. The number of amides is 1. The molecule has 0 aliphatic heterocycles. The van der Waals surface area contributed by atoms with Crippen LogP contribution in [0.4, 0.5) is 0 Å². The summed E-state index contributed by atoms with van der Waals surface area (Å²) >= 11 is 1.67. The fraction of sp³-hybridized carbons (Fsp3) is 0.429. The Balaban J connectivity index is 2.22. The average molecular weight is 290 g/mol. The van der Waals surface area contributed by atoms with Crippen LogP contribution in [0, 0.1) is 6.92 Å². The largest absolute Gasteiger partial charge is 0.333 e. The van der Waals surface area contributed by atoms with E-state index >= 15 is 0 Å². The molecule has 0 radical (unpaired) electrons. The lowest BCUT2D eigenvalue weighted by atomic mass is 10.2. The average Bonchev–Trinajstić information content (AvgIpc) is 2.87. The minimum absolute atomic E-state index is 0.0256. The summed E-state index contributed by atoms with van der Waals surface area (Å²) in [6.45, 7) is 6.08. The van der Waals surface area contributed by atoms with E-state index in [9.17, 15) is 4.79 Å². The molecule has 2 aromatic heterocycles. The van der Waals surface area contributed by atoms with Crippen molar-refractivity contribution in [3.8, 4) is 0 Å². The molecule has 0 saturated heterocycles. The maximum absolute atomic E-state index is 12.4. The van der Waals surface area contributed by atoms with Crippen LogP contribution in [0.1, 0.15) is 46.0 Å². The molecular weight excluding hydrogens is 272 g/mol. The smallest absolute Gasteiger partial charge is 0.274 e. The molecule has 2 heterocycles. The molecule has 20 heavy (non-hydrogen) atoms. The molecule has 0 saturated carbocycles. The Morgan fingerprint density at radius 1 is 1.45 bits per heavy atom. The highest BCUT2D eigenvalue weighted by Gasteiger charge is 2.23. The first-order chi connectivity index (χ1) is 9.54. The van der Waals surface area contributed by atoms with Crippen molar-refractivity contribution >= 4 is 17.2 Å². The Kier molecular flexibility index (Phi) is 4.44. The number of rotatable bonds is 4. The molecule has 0 aliphatic carbocycles. The second-order valence-electron chi connectivity index (χ2n) is 4.59. The molecule has 0 unspecified atom stereocenters. The molecule has 5 nitrogen and oxygen atoms in total. The van der Waals surface area contributed by atoms with Crippen LogP contribution in [0.5, 0.6) is 0 Å². The summed E-state index contributed by atoms with van der Waals surface area (Å²) in [7, 11) is 1.78. The first kappa shape index (κ1) is 14.6. The Morgan fingerprint density at radius 2 is 2.20 bits per heavy atom. The quantitative estimate of drug-likeness (QED) is 0.868. The molecule has 2 rings (SSSR count). The first-order valence-corrected chi connectivity index (χ1v) is 7.35. The van der Waals surface area contributed by atoms with Crippen LogP contribution in [-0.2, 0) is 6.42 Å². The highest BCUT2D eigenvalue weighted by Crippen LogP contribution is 2.29. The topological polar surface area (TPSA) is 59.0 Å². The lowest BCUT2D eigenvalue weighted by molar-refractivity contribution is 0.0738. The van der Waals surface area contributed by atoms with Crippen molar-refractivity contribution in [2.45, 2.75) is 33.2 Å². The summed E-state index contributed by atoms with van der Waals surface area (Å²) in [6.07, 6.45) is 5.49. The second kappa shape index (κ2) is 6.09. The highest BCUT2D eigenvalue weighted by molar-refractivity contribution is 7.11. The molecule has 0 bridgehead atoms. The van der Waals surface area contributed by atoms with Gasteiger partial charge in [0, 0.05) is 24.3 Å². The first-order valence-electron chi connectivity index (χ1n) is 6.54. The number of aryl methyl sites for hydroxylation is 2. The van der Waals surface area contributed by atoms with Crippen LogP contribution in [0.3, 0.4) is 0 Å². The van der Waals surface area contributed by atoms with Crippen LogP contribution in [-0.4, -0.2) is 32.8 Å². The van der Waals surface area contributed by atoms with E-state index in [2.05, 4.69) is 21.9 Å². The van der Waals surface area contributed by atoms with Crippen molar-refractivity contribution < 1.29 is 4.79 Å². The Bertz CT molecular complexity index is 596. The summed E-state index contributed by atoms with van der Waals surface area (Å²) in [5.41, 5.74) is 1.36. The van der Waals surface area contributed by atoms with Crippen LogP contribution in [0.25, 0.3) is 0 Å². The molecule has 0 fully saturated rings. The van der Waals surface area contributed by atoms with Crippen molar-refractivity contribution in [3.05, 3.63) is 39.9 Å². The van der Waals surface area contributed by atoms with E-state index < -0.39 is 0 Å². The van der Waals surface area contributed by atoms with Gasteiger partial charge in [0.05, 0.1) is 22.9 Å². The van der Waals surface area contributed by atoms with E-state index in [0.29, 0.717) is 5.69 Å². The predicted octanol–water partition coefficient (Wildman–Crippen LogP) is 2.64. The van der Waals surface area contributed by atoms with Crippen LogP contribution >= 0.6 is 11.3 Å². The van der Waals surface area contributed by atoms with Gasteiger partial charge < -0.3 is 4.90 Å². The van der Waals surface area contributed by atoms with E-state index in [1.807, 2.05) is 13.8 Å². The lowest BCUT2D eigenvalue weighted by Crippen LogP contribution is -2.30.